The summed E-state index contributed by atoms with van der Waals surface area (Å²) in [5, 5.41) is 3.03. The van der Waals surface area contributed by atoms with Crippen molar-refractivity contribution in [1.29, 1.82) is 0 Å². The number of aliphatic imine (C=N–C) groups is 1. The maximum Gasteiger partial charge on any atom is 0.248 e. The maximum atomic E-state index is 13.1. The smallest absolute Gasteiger partial charge is 0.248 e. The van der Waals surface area contributed by atoms with Crippen LogP contribution in [-0.2, 0) is 0 Å². The van der Waals surface area contributed by atoms with E-state index in [1.165, 1.54) is 0 Å². The summed E-state index contributed by atoms with van der Waals surface area (Å²) in [6.45, 7) is 4.47. The molecule has 1 fully saturated rings. The molecule has 0 radical (unpaired) electrons. The van der Waals surface area contributed by atoms with Gasteiger partial charge in [0.05, 0.1) is 0 Å². The lowest BCUT2D eigenvalue weighted by Gasteiger charge is -2.27. The zero-order valence-corrected chi connectivity index (χ0v) is 10.7. The second-order valence-corrected chi connectivity index (χ2v) is 5.00. The molecule has 1 saturated carbocycles. The average molecular weight is 247 g/mol. The highest BCUT2D eigenvalue weighted by atomic mass is 19.3. The van der Waals surface area contributed by atoms with Gasteiger partial charge in [0.2, 0.25) is 5.92 Å². The molecule has 3 N–H and O–H groups in total. The van der Waals surface area contributed by atoms with Gasteiger partial charge in [0, 0.05) is 25.4 Å². The van der Waals surface area contributed by atoms with Crippen LogP contribution in [0.25, 0.3) is 0 Å². The van der Waals surface area contributed by atoms with Crippen LogP contribution in [0.3, 0.4) is 0 Å². The van der Waals surface area contributed by atoms with E-state index in [0.29, 0.717) is 18.9 Å². The van der Waals surface area contributed by atoms with Crippen LogP contribution >= 0.6 is 0 Å². The summed E-state index contributed by atoms with van der Waals surface area (Å²) >= 11 is 0. The Kier molecular flexibility index (Phi) is 5.15. The van der Waals surface area contributed by atoms with Crippen molar-refractivity contribution in [3.8, 4) is 0 Å². The lowest BCUT2D eigenvalue weighted by Crippen LogP contribution is -2.38. The number of rotatable bonds is 4. The topological polar surface area (TPSA) is 50.4 Å². The van der Waals surface area contributed by atoms with Crippen molar-refractivity contribution >= 4 is 5.96 Å². The molecule has 0 amide bonds. The molecule has 17 heavy (non-hydrogen) atoms. The Labute approximate surface area is 102 Å². The third-order valence-electron chi connectivity index (χ3n) is 3.27. The van der Waals surface area contributed by atoms with E-state index in [4.69, 9.17) is 5.73 Å². The molecule has 100 valence electrons. The molecular weight excluding hydrogens is 224 g/mol. The highest BCUT2D eigenvalue weighted by molar-refractivity contribution is 5.78. The summed E-state index contributed by atoms with van der Waals surface area (Å²) in [5.74, 6) is -2.17. The Morgan fingerprint density at radius 1 is 1.59 bits per heavy atom. The van der Waals surface area contributed by atoms with Gasteiger partial charge in [-0.2, -0.15) is 0 Å². The molecule has 0 saturated heterocycles. The predicted octanol–water partition coefficient (Wildman–Crippen LogP) is 2.51. The molecule has 5 heteroatoms. The van der Waals surface area contributed by atoms with Crippen molar-refractivity contribution in [1.82, 2.24) is 5.32 Å². The largest absolute Gasteiger partial charge is 0.370 e. The van der Waals surface area contributed by atoms with Crippen molar-refractivity contribution in [3.63, 3.8) is 0 Å². The second kappa shape index (κ2) is 6.17. The van der Waals surface area contributed by atoms with Gasteiger partial charge in [-0.1, -0.05) is 6.92 Å². The zero-order valence-electron chi connectivity index (χ0n) is 10.7. The van der Waals surface area contributed by atoms with Gasteiger partial charge in [-0.3, -0.25) is 4.99 Å². The maximum absolute atomic E-state index is 13.1. The summed E-state index contributed by atoms with van der Waals surface area (Å²) < 4.78 is 26.3. The van der Waals surface area contributed by atoms with Crippen molar-refractivity contribution in [3.05, 3.63) is 0 Å². The SMILES string of the molecule is CCC(C)NC(N)=NCC1CCCC(F)(F)C1. The van der Waals surface area contributed by atoms with E-state index in [1.54, 1.807) is 0 Å². The minimum atomic E-state index is -2.50. The molecule has 0 bridgehead atoms. The van der Waals surface area contributed by atoms with Crippen LogP contribution < -0.4 is 11.1 Å². The van der Waals surface area contributed by atoms with E-state index in [9.17, 15) is 8.78 Å². The Hall–Kier alpha value is -0.870. The number of guanidine groups is 1. The second-order valence-electron chi connectivity index (χ2n) is 5.00. The van der Waals surface area contributed by atoms with Gasteiger partial charge < -0.3 is 11.1 Å². The van der Waals surface area contributed by atoms with E-state index >= 15 is 0 Å². The summed E-state index contributed by atoms with van der Waals surface area (Å²) in [5.41, 5.74) is 5.69. The molecular formula is C12H23F2N3. The number of nitrogens with one attached hydrogen (secondary N) is 1. The molecule has 1 aliphatic carbocycles. The molecule has 2 atom stereocenters. The van der Waals surface area contributed by atoms with Gasteiger partial charge in [0.25, 0.3) is 0 Å². The minimum absolute atomic E-state index is 0.0216. The zero-order chi connectivity index (χ0) is 12.9. The molecule has 0 aliphatic heterocycles. The Morgan fingerprint density at radius 3 is 2.88 bits per heavy atom. The van der Waals surface area contributed by atoms with Crippen molar-refractivity contribution in [2.45, 2.75) is 57.9 Å². The molecule has 0 aromatic carbocycles. The molecule has 1 aliphatic rings. The van der Waals surface area contributed by atoms with Crippen LogP contribution in [0.1, 0.15) is 46.0 Å². The molecule has 1 rings (SSSR count). The molecule has 0 spiro atoms. The van der Waals surface area contributed by atoms with E-state index in [1.807, 2.05) is 13.8 Å². The van der Waals surface area contributed by atoms with Crippen LogP contribution in [0, 0.1) is 5.92 Å². The van der Waals surface area contributed by atoms with Crippen molar-refractivity contribution in [2.75, 3.05) is 6.54 Å². The van der Waals surface area contributed by atoms with Gasteiger partial charge >= 0.3 is 0 Å². The molecule has 0 aromatic rings. The number of alkyl halides is 2. The van der Waals surface area contributed by atoms with Gasteiger partial charge in [0.1, 0.15) is 0 Å². The van der Waals surface area contributed by atoms with E-state index in [0.717, 1.165) is 12.8 Å². The van der Waals surface area contributed by atoms with Crippen molar-refractivity contribution < 1.29 is 8.78 Å². The van der Waals surface area contributed by atoms with Crippen LogP contribution in [-0.4, -0.2) is 24.5 Å². The Morgan fingerprint density at radius 2 is 2.29 bits per heavy atom. The number of hydrogen-bond donors (Lipinski definition) is 2. The summed E-state index contributed by atoms with van der Waals surface area (Å²) in [6, 6.07) is 0.270. The van der Waals surface area contributed by atoms with Crippen LogP contribution in [0.4, 0.5) is 8.78 Å². The normalized spacial score (nSPS) is 26.6. The summed E-state index contributed by atoms with van der Waals surface area (Å²) in [4.78, 5) is 4.15. The third kappa shape index (κ3) is 5.33. The fourth-order valence-corrected chi connectivity index (χ4v) is 2.06. The molecule has 3 nitrogen and oxygen atoms in total. The monoisotopic (exact) mass is 247 g/mol. The number of halogens is 2. The Balaban J connectivity index is 2.36. The number of nitrogens with zero attached hydrogens (tertiary/aromatic N) is 1. The fourth-order valence-electron chi connectivity index (χ4n) is 2.06. The first-order valence-corrected chi connectivity index (χ1v) is 6.37. The Bertz CT molecular complexity index is 266. The van der Waals surface area contributed by atoms with Crippen LogP contribution in [0.15, 0.2) is 4.99 Å². The molecule has 0 heterocycles. The van der Waals surface area contributed by atoms with Crippen LogP contribution in [0.2, 0.25) is 0 Å². The first-order valence-electron chi connectivity index (χ1n) is 6.37. The van der Waals surface area contributed by atoms with E-state index in [2.05, 4.69) is 10.3 Å². The average Bonchev–Trinajstić information content (AvgIpc) is 2.25. The van der Waals surface area contributed by atoms with Crippen LogP contribution in [0.5, 0.6) is 0 Å². The van der Waals surface area contributed by atoms with Crippen molar-refractivity contribution in [2.24, 2.45) is 16.6 Å². The lowest BCUT2D eigenvalue weighted by atomic mass is 9.87. The number of nitrogens with two attached hydrogens (primary N) is 1. The fraction of sp³-hybridized carbons (Fsp3) is 0.917. The van der Waals surface area contributed by atoms with Gasteiger partial charge in [0.15, 0.2) is 5.96 Å². The third-order valence-corrected chi connectivity index (χ3v) is 3.27. The molecule has 2 unspecified atom stereocenters. The first-order chi connectivity index (χ1) is 7.93. The standard InChI is InChI=1S/C12H23F2N3/c1-3-9(2)17-11(15)16-8-10-5-4-6-12(13,14)7-10/h9-10H,3-8H2,1-2H3,(H3,15,16,17). The lowest BCUT2D eigenvalue weighted by molar-refractivity contribution is -0.0508. The number of hydrogen-bond acceptors (Lipinski definition) is 1. The minimum Gasteiger partial charge on any atom is -0.370 e. The molecule has 0 aromatic heterocycles. The van der Waals surface area contributed by atoms with E-state index < -0.39 is 5.92 Å². The highest BCUT2D eigenvalue weighted by Crippen LogP contribution is 2.36. The summed E-state index contributed by atoms with van der Waals surface area (Å²) in [7, 11) is 0. The van der Waals surface area contributed by atoms with Gasteiger partial charge in [-0.05, 0) is 32.1 Å². The van der Waals surface area contributed by atoms with Gasteiger partial charge in [-0.25, -0.2) is 8.78 Å². The quantitative estimate of drug-likeness (QED) is 0.592. The first kappa shape index (κ1) is 14.2. The summed E-state index contributed by atoms with van der Waals surface area (Å²) in [6.07, 6.45) is 2.35. The van der Waals surface area contributed by atoms with Gasteiger partial charge in [-0.15, -0.1) is 0 Å². The highest BCUT2D eigenvalue weighted by Gasteiger charge is 2.35. The predicted molar refractivity (Wildman–Crippen MR) is 66.3 cm³/mol. The van der Waals surface area contributed by atoms with E-state index in [-0.39, 0.29) is 24.8 Å².